The second-order valence-electron chi connectivity index (χ2n) is 8.67. The Kier molecular flexibility index (Phi) is 6.08. The molecule has 1 fully saturated rings. The molecule has 31 heavy (non-hydrogen) atoms. The maximum absolute atomic E-state index is 13.3. The number of benzene rings is 2. The van der Waals surface area contributed by atoms with Gasteiger partial charge in [0.05, 0.1) is 5.57 Å². The predicted molar refractivity (Wildman–Crippen MR) is 124 cm³/mol. The van der Waals surface area contributed by atoms with Crippen LogP contribution in [0, 0.1) is 19.8 Å². The Bertz CT molecular complexity index is 1030. The molecule has 0 bridgehead atoms. The summed E-state index contributed by atoms with van der Waals surface area (Å²) in [6.07, 6.45) is 4.71. The van der Waals surface area contributed by atoms with Crippen LogP contribution in [0.5, 0.6) is 0 Å². The smallest absolute Gasteiger partial charge is 0.278 e. The van der Waals surface area contributed by atoms with Crippen LogP contribution < -0.4 is 0 Å². The zero-order valence-electron chi connectivity index (χ0n) is 18.4. The van der Waals surface area contributed by atoms with E-state index in [9.17, 15) is 9.59 Å². The lowest BCUT2D eigenvalue weighted by Crippen LogP contribution is -2.39. The van der Waals surface area contributed by atoms with Crippen molar-refractivity contribution in [3.63, 3.8) is 0 Å². The summed E-state index contributed by atoms with van der Waals surface area (Å²) in [5, 5.41) is 0. The highest BCUT2D eigenvalue weighted by molar-refractivity contribution is 6.35. The first kappa shape index (κ1) is 21.1. The van der Waals surface area contributed by atoms with Crippen molar-refractivity contribution in [2.45, 2.75) is 33.1 Å². The molecule has 2 aromatic carbocycles. The van der Waals surface area contributed by atoms with Gasteiger partial charge in [-0.25, -0.2) is 0 Å². The van der Waals surface area contributed by atoms with E-state index in [1.807, 2.05) is 32.0 Å². The minimum Gasteiger partial charge on any atom is -0.366 e. The molecule has 0 unspecified atom stereocenters. The Hall–Kier alpha value is -3.14. The first-order chi connectivity index (χ1) is 15.0. The van der Waals surface area contributed by atoms with Crippen LogP contribution in [0.3, 0.4) is 0 Å². The number of carbonyl (C=O) groups is 2. The van der Waals surface area contributed by atoms with Gasteiger partial charge in [-0.05, 0) is 55.7 Å². The summed E-state index contributed by atoms with van der Waals surface area (Å²) in [4.78, 5) is 30.0. The lowest BCUT2D eigenvalue weighted by molar-refractivity contribution is -0.137. The minimum atomic E-state index is -0.210. The molecule has 0 aromatic heterocycles. The third-order valence-electron chi connectivity index (χ3n) is 6.40. The average Bonchev–Trinajstić information content (AvgIpc) is 3.00. The van der Waals surface area contributed by atoms with Crippen molar-refractivity contribution in [2.75, 3.05) is 19.6 Å². The van der Waals surface area contributed by atoms with E-state index < -0.39 is 0 Å². The number of hydrogen-bond donors (Lipinski definition) is 0. The predicted octanol–water partition coefficient (Wildman–Crippen LogP) is 4.52. The van der Waals surface area contributed by atoms with Crippen LogP contribution in [0.1, 0.15) is 35.1 Å². The van der Waals surface area contributed by atoms with E-state index in [1.54, 1.807) is 6.08 Å². The summed E-state index contributed by atoms with van der Waals surface area (Å²) < 4.78 is 0. The molecular weight excluding hydrogens is 384 g/mol. The first-order valence-electron chi connectivity index (χ1n) is 11.1. The number of hydrogen-bond acceptors (Lipinski definition) is 3. The number of likely N-dealkylation sites (tertiary alicyclic amines) is 1. The van der Waals surface area contributed by atoms with E-state index >= 15 is 0 Å². The molecule has 1 saturated heterocycles. The van der Waals surface area contributed by atoms with Gasteiger partial charge in [0, 0.05) is 19.6 Å². The second-order valence-corrected chi connectivity index (χ2v) is 8.67. The molecule has 0 atom stereocenters. The molecule has 2 aliphatic rings. The van der Waals surface area contributed by atoms with Gasteiger partial charge in [-0.2, -0.15) is 0 Å². The summed E-state index contributed by atoms with van der Waals surface area (Å²) in [6, 6.07) is 16.6. The van der Waals surface area contributed by atoms with Gasteiger partial charge in [-0.15, -0.1) is 6.58 Å². The fourth-order valence-electron chi connectivity index (χ4n) is 4.80. The highest BCUT2D eigenvalue weighted by Crippen LogP contribution is 2.35. The molecule has 4 rings (SSSR count). The minimum absolute atomic E-state index is 0.193. The molecule has 4 nitrogen and oxygen atoms in total. The largest absolute Gasteiger partial charge is 0.366 e. The van der Waals surface area contributed by atoms with Gasteiger partial charge in [0.2, 0.25) is 0 Å². The molecule has 0 radical (unpaired) electrons. The van der Waals surface area contributed by atoms with E-state index in [0.29, 0.717) is 17.2 Å². The topological polar surface area (TPSA) is 40.6 Å². The number of aryl methyl sites for hydroxylation is 2. The molecule has 2 amide bonds. The van der Waals surface area contributed by atoms with E-state index in [0.717, 1.165) is 49.0 Å². The number of carbonyl (C=O) groups excluding carboxylic acids is 2. The molecular formula is C27H30N2O2. The summed E-state index contributed by atoms with van der Waals surface area (Å²) in [5.74, 6) is 0.194. The molecule has 0 spiro atoms. The molecule has 4 heteroatoms. The molecule has 2 aliphatic heterocycles. The van der Waals surface area contributed by atoms with E-state index in [2.05, 4.69) is 41.8 Å². The Morgan fingerprint density at radius 2 is 1.71 bits per heavy atom. The fourth-order valence-corrected chi connectivity index (χ4v) is 4.80. The van der Waals surface area contributed by atoms with Crippen molar-refractivity contribution in [1.29, 1.82) is 0 Å². The van der Waals surface area contributed by atoms with Gasteiger partial charge < -0.3 is 4.90 Å². The van der Waals surface area contributed by atoms with Crippen LogP contribution in [0.15, 0.2) is 66.9 Å². The quantitative estimate of drug-likeness (QED) is 0.515. The van der Waals surface area contributed by atoms with Crippen LogP contribution >= 0.6 is 0 Å². The zero-order chi connectivity index (χ0) is 22.0. The van der Waals surface area contributed by atoms with Crippen LogP contribution in [0.25, 0.3) is 5.57 Å². The third kappa shape index (κ3) is 4.20. The molecule has 0 saturated carbocycles. The van der Waals surface area contributed by atoms with Gasteiger partial charge in [-0.3, -0.25) is 14.5 Å². The van der Waals surface area contributed by atoms with Crippen LogP contribution in [0.4, 0.5) is 0 Å². The van der Waals surface area contributed by atoms with Gasteiger partial charge >= 0.3 is 0 Å². The Morgan fingerprint density at radius 3 is 2.35 bits per heavy atom. The summed E-state index contributed by atoms with van der Waals surface area (Å²) in [6.45, 7) is 9.60. The van der Waals surface area contributed by atoms with Gasteiger partial charge in [0.15, 0.2) is 0 Å². The lowest BCUT2D eigenvalue weighted by atomic mass is 9.89. The summed E-state index contributed by atoms with van der Waals surface area (Å²) in [7, 11) is 0. The fraction of sp³-hybridized carbons (Fsp3) is 0.333. The number of piperidine rings is 1. The molecule has 2 aromatic rings. The normalized spacial score (nSPS) is 17.6. The van der Waals surface area contributed by atoms with E-state index in [4.69, 9.17) is 0 Å². The molecule has 0 aliphatic carbocycles. The van der Waals surface area contributed by atoms with Gasteiger partial charge in [0.25, 0.3) is 11.8 Å². The Labute approximate surface area is 184 Å². The van der Waals surface area contributed by atoms with Crippen molar-refractivity contribution in [3.8, 4) is 0 Å². The summed E-state index contributed by atoms with van der Waals surface area (Å²) >= 11 is 0. The van der Waals surface area contributed by atoms with E-state index in [-0.39, 0.29) is 18.4 Å². The van der Waals surface area contributed by atoms with E-state index in [1.165, 1.54) is 10.5 Å². The highest BCUT2D eigenvalue weighted by Gasteiger charge is 2.42. The standard InChI is InChI=1S/C27H30N2O2/c1-4-14-29-26(30)24(23-11-10-19(2)17-20(23)3)25(27(29)31)28-15-12-22(13-16-28)18-21-8-6-5-7-9-21/h4-11,17,22H,1,12-16,18H2,2-3H3. The van der Waals surface area contributed by atoms with Crippen molar-refractivity contribution in [3.05, 3.63) is 89.1 Å². The monoisotopic (exact) mass is 414 g/mol. The van der Waals surface area contributed by atoms with Gasteiger partial charge in [-0.1, -0.05) is 60.2 Å². The van der Waals surface area contributed by atoms with Crippen molar-refractivity contribution in [1.82, 2.24) is 9.80 Å². The van der Waals surface area contributed by atoms with Crippen molar-refractivity contribution in [2.24, 2.45) is 5.92 Å². The maximum Gasteiger partial charge on any atom is 0.278 e. The number of imide groups is 1. The van der Waals surface area contributed by atoms with Crippen LogP contribution in [-0.4, -0.2) is 41.2 Å². The number of amides is 2. The highest BCUT2D eigenvalue weighted by atomic mass is 16.2. The average molecular weight is 415 g/mol. The zero-order valence-corrected chi connectivity index (χ0v) is 18.4. The second kappa shape index (κ2) is 8.93. The van der Waals surface area contributed by atoms with Gasteiger partial charge in [0.1, 0.15) is 5.70 Å². The van der Waals surface area contributed by atoms with Crippen LogP contribution in [-0.2, 0) is 16.0 Å². The summed E-state index contributed by atoms with van der Waals surface area (Å²) in [5.41, 5.74) is 5.50. The number of rotatable bonds is 6. The number of nitrogens with zero attached hydrogens (tertiary/aromatic N) is 2. The SMILES string of the molecule is C=CCN1C(=O)C(c2ccc(C)cc2C)=C(N2CCC(Cc3ccccc3)CC2)C1=O. The Balaban J connectivity index is 1.61. The van der Waals surface area contributed by atoms with Crippen LogP contribution in [0.2, 0.25) is 0 Å². The first-order valence-corrected chi connectivity index (χ1v) is 11.1. The molecule has 160 valence electrons. The maximum atomic E-state index is 13.3. The lowest BCUT2D eigenvalue weighted by Gasteiger charge is -2.34. The Morgan fingerprint density at radius 1 is 1.00 bits per heavy atom. The van der Waals surface area contributed by atoms with Crippen molar-refractivity contribution >= 4 is 17.4 Å². The molecule has 2 heterocycles. The molecule has 0 N–H and O–H groups in total. The van der Waals surface area contributed by atoms with Crippen molar-refractivity contribution < 1.29 is 9.59 Å². The third-order valence-corrected chi connectivity index (χ3v) is 6.40.